The third-order valence-electron chi connectivity index (χ3n) is 2.21. The standard InChI is InChI=1S/C9H18N2O3.ClH/c1-11(4-6-13-2)9(12)8-7-10-3-5-14-8;/h8,10H,3-7H2,1-2H3;1H/t8-;/m1./s1. The van der Waals surface area contributed by atoms with E-state index in [0.717, 1.165) is 6.54 Å². The second-order valence-electron chi connectivity index (χ2n) is 3.32. The SMILES string of the molecule is COCCN(C)C(=O)[C@H]1CNCCO1.Cl. The third kappa shape index (κ3) is 4.79. The number of ether oxygens (including phenoxy) is 2. The van der Waals surface area contributed by atoms with E-state index < -0.39 is 0 Å². The van der Waals surface area contributed by atoms with Crippen LogP contribution in [0.5, 0.6) is 0 Å². The molecule has 6 heteroatoms. The largest absolute Gasteiger partial charge is 0.383 e. The molecule has 1 fully saturated rings. The number of rotatable bonds is 4. The van der Waals surface area contributed by atoms with Crippen molar-refractivity contribution in [1.29, 1.82) is 0 Å². The molecule has 1 amide bonds. The fourth-order valence-electron chi connectivity index (χ4n) is 1.31. The summed E-state index contributed by atoms with van der Waals surface area (Å²) >= 11 is 0. The van der Waals surface area contributed by atoms with Gasteiger partial charge >= 0.3 is 0 Å². The molecule has 1 N–H and O–H groups in total. The highest BCUT2D eigenvalue weighted by Crippen LogP contribution is 2.00. The molecule has 0 bridgehead atoms. The maximum atomic E-state index is 11.7. The van der Waals surface area contributed by atoms with E-state index in [1.165, 1.54) is 0 Å². The maximum Gasteiger partial charge on any atom is 0.252 e. The molecule has 0 aromatic heterocycles. The van der Waals surface area contributed by atoms with Gasteiger partial charge in [0.05, 0.1) is 13.2 Å². The first-order valence-corrected chi connectivity index (χ1v) is 4.82. The maximum absolute atomic E-state index is 11.7. The molecule has 1 rings (SSSR count). The molecule has 0 aromatic carbocycles. The van der Waals surface area contributed by atoms with E-state index in [2.05, 4.69) is 5.32 Å². The molecule has 90 valence electrons. The van der Waals surface area contributed by atoms with E-state index in [4.69, 9.17) is 9.47 Å². The number of likely N-dealkylation sites (N-methyl/N-ethyl adjacent to an activating group) is 1. The number of hydrogen-bond acceptors (Lipinski definition) is 4. The lowest BCUT2D eigenvalue weighted by Gasteiger charge is -2.27. The zero-order valence-electron chi connectivity index (χ0n) is 9.19. The van der Waals surface area contributed by atoms with Crippen molar-refractivity contribution in [3.63, 3.8) is 0 Å². The van der Waals surface area contributed by atoms with Crippen molar-refractivity contribution in [2.24, 2.45) is 0 Å². The monoisotopic (exact) mass is 238 g/mol. The zero-order chi connectivity index (χ0) is 10.4. The molecule has 0 spiro atoms. The number of carbonyl (C=O) groups is 1. The predicted octanol–water partition coefficient (Wildman–Crippen LogP) is -0.499. The van der Waals surface area contributed by atoms with Gasteiger partial charge in [0.2, 0.25) is 0 Å². The van der Waals surface area contributed by atoms with Gasteiger partial charge in [-0.25, -0.2) is 0 Å². The van der Waals surface area contributed by atoms with Crippen LogP contribution in [0.4, 0.5) is 0 Å². The molecule has 5 nitrogen and oxygen atoms in total. The summed E-state index contributed by atoms with van der Waals surface area (Å²) in [4.78, 5) is 13.3. The van der Waals surface area contributed by atoms with Crippen LogP contribution < -0.4 is 5.32 Å². The number of amides is 1. The zero-order valence-corrected chi connectivity index (χ0v) is 10.0. The van der Waals surface area contributed by atoms with Crippen molar-refractivity contribution in [3.8, 4) is 0 Å². The summed E-state index contributed by atoms with van der Waals surface area (Å²) in [5.74, 6) is 0.0225. The number of halogens is 1. The third-order valence-corrected chi connectivity index (χ3v) is 2.21. The van der Waals surface area contributed by atoms with Crippen LogP contribution in [0.25, 0.3) is 0 Å². The van der Waals surface area contributed by atoms with E-state index in [9.17, 15) is 4.79 Å². The molecule has 0 unspecified atom stereocenters. The average molecular weight is 239 g/mol. The van der Waals surface area contributed by atoms with Gasteiger partial charge in [-0.3, -0.25) is 4.79 Å². The summed E-state index contributed by atoms with van der Waals surface area (Å²) in [6, 6.07) is 0. The highest BCUT2D eigenvalue weighted by molar-refractivity contribution is 5.85. The van der Waals surface area contributed by atoms with Gasteiger partial charge in [0, 0.05) is 33.8 Å². The number of carbonyl (C=O) groups excluding carboxylic acids is 1. The molecule has 15 heavy (non-hydrogen) atoms. The van der Waals surface area contributed by atoms with Gasteiger partial charge in [-0.15, -0.1) is 12.4 Å². The van der Waals surface area contributed by atoms with Crippen molar-refractivity contribution >= 4 is 18.3 Å². The van der Waals surface area contributed by atoms with Gasteiger partial charge in [-0.2, -0.15) is 0 Å². The normalized spacial score (nSPS) is 20.5. The molecule has 0 saturated carbocycles. The van der Waals surface area contributed by atoms with E-state index >= 15 is 0 Å². The van der Waals surface area contributed by atoms with Crippen LogP contribution in [-0.2, 0) is 14.3 Å². The minimum absolute atomic E-state index is 0. The fourth-order valence-corrected chi connectivity index (χ4v) is 1.31. The van der Waals surface area contributed by atoms with Crippen molar-refractivity contribution in [3.05, 3.63) is 0 Å². The van der Waals surface area contributed by atoms with Crippen LogP contribution in [0.3, 0.4) is 0 Å². The lowest BCUT2D eigenvalue weighted by atomic mass is 10.2. The van der Waals surface area contributed by atoms with Crippen molar-refractivity contribution in [2.75, 3.05) is 47.0 Å². The number of methoxy groups -OCH3 is 1. The first-order valence-electron chi connectivity index (χ1n) is 4.82. The van der Waals surface area contributed by atoms with E-state index in [-0.39, 0.29) is 24.4 Å². The summed E-state index contributed by atoms with van der Waals surface area (Å²) in [5, 5.41) is 3.12. The Kier molecular flexibility index (Phi) is 7.68. The van der Waals surface area contributed by atoms with Crippen LogP contribution in [-0.4, -0.2) is 63.9 Å². The number of hydrogen-bond donors (Lipinski definition) is 1. The molecular weight excluding hydrogens is 220 g/mol. The molecule has 0 radical (unpaired) electrons. The van der Waals surface area contributed by atoms with Gasteiger partial charge in [0.15, 0.2) is 0 Å². The van der Waals surface area contributed by atoms with Gasteiger partial charge in [-0.05, 0) is 0 Å². The second-order valence-corrected chi connectivity index (χ2v) is 3.32. The Morgan fingerprint density at radius 1 is 1.67 bits per heavy atom. The Morgan fingerprint density at radius 2 is 2.40 bits per heavy atom. The van der Waals surface area contributed by atoms with E-state index in [1.54, 1.807) is 19.1 Å². The Bertz CT molecular complexity index is 186. The van der Waals surface area contributed by atoms with Gasteiger partial charge < -0.3 is 19.7 Å². The summed E-state index contributed by atoms with van der Waals surface area (Å²) in [6.07, 6.45) is -0.328. The average Bonchev–Trinajstić information content (AvgIpc) is 2.26. The quantitative estimate of drug-likeness (QED) is 0.718. The van der Waals surface area contributed by atoms with E-state index in [1.807, 2.05) is 0 Å². The molecular formula is C9H19ClN2O3. The molecule has 1 aliphatic heterocycles. The Labute approximate surface area is 96.5 Å². The molecule has 1 atom stereocenters. The van der Waals surface area contributed by atoms with Crippen molar-refractivity contribution in [1.82, 2.24) is 10.2 Å². The topological polar surface area (TPSA) is 50.8 Å². The van der Waals surface area contributed by atoms with Gasteiger partial charge in [0.25, 0.3) is 5.91 Å². The predicted molar refractivity (Wildman–Crippen MR) is 59.4 cm³/mol. The summed E-state index contributed by atoms with van der Waals surface area (Å²) < 4.78 is 10.2. The van der Waals surface area contributed by atoms with E-state index in [0.29, 0.717) is 26.3 Å². The van der Waals surface area contributed by atoms with Crippen LogP contribution in [0.1, 0.15) is 0 Å². The molecule has 1 saturated heterocycles. The lowest BCUT2D eigenvalue weighted by molar-refractivity contribution is -0.144. The first kappa shape index (κ1) is 14.6. The highest BCUT2D eigenvalue weighted by atomic mass is 35.5. The summed E-state index contributed by atoms with van der Waals surface area (Å²) in [7, 11) is 3.39. The first-order chi connectivity index (χ1) is 6.75. The van der Waals surface area contributed by atoms with Crippen LogP contribution in [0.15, 0.2) is 0 Å². The van der Waals surface area contributed by atoms with Crippen molar-refractivity contribution in [2.45, 2.75) is 6.10 Å². The molecule has 1 heterocycles. The summed E-state index contributed by atoms with van der Waals surface area (Å²) in [6.45, 7) is 3.20. The molecule has 0 aromatic rings. The minimum Gasteiger partial charge on any atom is -0.383 e. The number of nitrogens with zero attached hydrogens (tertiary/aromatic N) is 1. The minimum atomic E-state index is -0.328. The number of morpholine rings is 1. The smallest absolute Gasteiger partial charge is 0.252 e. The molecule has 1 aliphatic rings. The molecule has 0 aliphatic carbocycles. The Hall–Kier alpha value is -0.360. The Morgan fingerprint density at radius 3 is 2.93 bits per heavy atom. The number of nitrogens with one attached hydrogen (secondary N) is 1. The Balaban J connectivity index is 0.00000196. The van der Waals surface area contributed by atoms with Gasteiger partial charge in [-0.1, -0.05) is 0 Å². The van der Waals surface area contributed by atoms with Gasteiger partial charge in [0.1, 0.15) is 6.10 Å². The fraction of sp³-hybridized carbons (Fsp3) is 0.889. The second kappa shape index (κ2) is 7.87. The highest BCUT2D eigenvalue weighted by Gasteiger charge is 2.24. The van der Waals surface area contributed by atoms with Crippen LogP contribution in [0.2, 0.25) is 0 Å². The lowest BCUT2D eigenvalue weighted by Crippen LogP contribution is -2.48. The van der Waals surface area contributed by atoms with Crippen LogP contribution >= 0.6 is 12.4 Å². The van der Waals surface area contributed by atoms with Crippen LogP contribution in [0, 0.1) is 0 Å². The summed E-state index contributed by atoms with van der Waals surface area (Å²) in [5.41, 5.74) is 0. The van der Waals surface area contributed by atoms with Crippen molar-refractivity contribution < 1.29 is 14.3 Å².